The highest BCUT2D eigenvalue weighted by molar-refractivity contribution is 6.38. The lowest BCUT2D eigenvalue weighted by atomic mass is 9.84. The zero-order valence-electron chi connectivity index (χ0n) is 26.7. The fourth-order valence-corrected chi connectivity index (χ4v) is 5.11. The molecule has 2 amide bonds. The van der Waals surface area contributed by atoms with Gasteiger partial charge in [0.1, 0.15) is 12.1 Å². The van der Waals surface area contributed by atoms with E-state index in [1.54, 1.807) is 58.4 Å². The summed E-state index contributed by atoms with van der Waals surface area (Å²) in [6, 6.07) is 11.5. The molecule has 3 rings (SSSR count). The summed E-state index contributed by atoms with van der Waals surface area (Å²) in [5.74, 6) is -2.18. The van der Waals surface area contributed by atoms with E-state index >= 15 is 0 Å². The van der Waals surface area contributed by atoms with Crippen LogP contribution >= 0.6 is 0 Å². The van der Waals surface area contributed by atoms with E-state index in [-0.39, 0.29) is 19.4 Å². The van der Waals surface area contributed by atoms with Crippen molar-refractivity contribution in [3.8, 4) is 11.5 Å². The number of aliphatic carboxylic acids is 1. The van der Waals surface area contributed by atoms with Gasteiger partial charge in [0.15, 0.2) is 11.5 Å². The van der Waals surface area contributed by atoms with Gasteiger partial charge in [0.25, 0.3) is 5.91 Å². The number of carboxylic acid groups (broad SMARTS) is 1. The highest BCUT2D eigenvalue weighted by Gasteiger charge is 2.41. The molecule has 0 aromatic heterocycles. The van der Waals surface area contributed by atoms with Gasteiger partial charge in [0.2, 0.25) is 11.7 Å². The maximum absolute atomic E-state index is 13.8. The zero-order chi connectivity index (χ0) is 33.1. The van der Waals surface area contributed by atoms with Crippen LogP contribution in [0.2, 0.25) is 0 Å². The van der Waals surface area contributed by atoms with E-state index in [1.807, 2.05) is 19.1 Å². The number of Topliss-reactive ketones (excluding diaryl/α,β-unsaturated/α-hetero) is 1. The van der Waals surface area contributed by atoms with Gasteiger partial charge in [-0.1, -0.05) is 39.0 Å². The first-order chi connectivity index (χ1) is 21.4. The minimum atomic E-state index is -1.07. The van der Waals surface area contributed by atoms with E-state index in [0.29, 0.717) is 61.3 Å². The van der Waals surface area contributed by atoms with Gasteiger partial charge in [-0.05, 0) is 73.9 Å². The Morgan fingerprint density at radius 2 is 1.73 bits per heavy atom. The number of benzene rings is 2. The lowest BCUT2D eigenvalue weighted by molar-refractivity contribution is -0.164. The third-order valence-electron chi connectivity index (χ3n) is 8.24. The van der Waals surface area contributed by atoms with Gasteiger partial charge in [-0.15, -0.1) is 0 Å². The Morgan fingerprint density at radius 3 is 2.40 bits per heavy atom. The number of carbonyl (C=O) groups excluding carboxylic acids is 4. The first kappa shape index (κ1) is 35.1. The second-order valence-corrected chi connectivity index (χ2v) is 11.8. The molecule has 2 aromatic rings. The number of anilines is 1. The number of carbonyl (C=O) groups is 5. The van der Waals surface area contributed by atoms with Crippen molar-refractivity contribution in [3.63, 3.8) is 0 Å². The molecular weight excluding hydrogens is 580 g/mol. The van der Waals surface area contributed by atoms with Crippen LogP contribution in [0.3, 0.4) is 0 Å². The Kier molecular flexibility index (Phi) is 12.5. The Bertz CT molecular complexity index is 1390. The van der Waals surface area contributed by atoms with Crippen LogP contribution in [0.25, 0.3) is 0 Å². The van der Waals surface area contributed by atoms with Crippen LogP contribution in [-0.4, -0.2) is 66.3 Å². The van der Waals surface area contributed by atoms with Gasteiger partial charge in [-0.25, -0.2) is 4.79 Å². The SMILES string of the molecule is CCC(C)(C)C(=O)C(=O)N1CCCCC1C(=O)O[C@H](CCc1ccc(OC)c(OC)c1)c1cccc(NC(=O)CCC(=O)O)c1. The molecule has 0 aliphatic carbocycles. The molecule has 0 bridgehead atoms. The number of aryl methyl sites for hydroxylation is 1. The molecular formula is C34H44N2O9. The Morgan fingerprint density at radius 1 is 1.00 bits per heavy atom. The maximum atomic E-state index is 13.8. The van der Waals surface area contributed by atoms with Crippen molar-refractivity contribution in [2.24, 2.45) is 5.41 Å². The monoisotopic (exact) mass is 624 g/mol. The molecule has 2 aromatic carbocycles. The van der Waals surface area contributed by atoms with Crippen LogP contribution in [-0.2, 0) is 35.1 Å². The van der Waals surface area contributed by atoms with Crippen molar-refractivity contribution in [2.75, 3.05) is 26.1 Å². The molecule has 0 saturated carbocycles. The molecule has 244 valence electrons. The highest BCUT2D eigenvalue weighted by atomic mass is 16.5. The van der Waals surface area contributed by atoms with Gasteiger partial charge in [0.05, 0.1) is 20.6 Å². The van der Waals surface area contributed by atoms with Crippen LogP contribution in [0.15, 0.2) is 42.5 Å². The zero-order valence-corrected chi connectivity index (χ0v) is 26.7. The first-order valence-corrected chi connectivity index (χ1v) is 15.3. The van der Waals surface area contributed by atoms with Crippen molar-refractivity contribution < 1.29 is 43.3 Å². The van der Waals surface area contributed by atoms with E-state index in [4.69, 9.17) is 19.3 Å². The molecule has 1 aliphatic rings. The van der Waals surface area contributed by atoms with Crippen molar-refractivity contribution >= 4 is 35.2 Å². The number of hydrogen-bond acceptors (Lipinski definition) is 8. The predicted octanol–water partition coefficient (Wildman–Crippen LogP) is 5.11. The number of piperidine rings is 1. The summed E-state index contributed by atoms with van der Waals surface area (Å²) in [5, 5.41) is 11.6. The van der Waals surface area contributed by atoms with Crippen LogP contribution in [0.5, 0.6) is 11.5 Å². The van der Waals surface area contributed by atoms with Crippen molar-refractivity contribution in [2.45, 2.75) is 84.3 Å². The second-order valence-electron chi connectivity index (χ2n) is 11.8. The van der Waals surface area contributed by atoms with E-state index in [0.717, 1.165) is 5.56 Å². The fraction of sp³-hybridized carbons (Fsp3) is 0.500. The molecule has 1 aliphatic heterocycles. The van der Waals surface area contributed by atoms with Gasteiger partial charge in [-0.3, -0.25) is 19.2 Å². The number of carboxylic acids is 1. The largest absolute Gasteiger partial charge is 0.493 e. The second kappa shape index (κ2) is 16.1. The van der Waals surface area contributed by atoms with E-state index in [1.165, 1.54) is 4.90 Å². The van der Waals surface area contributed by atoms with Crippen molar-refractivity contribution in [1.29, 1.82) is 0 Å². The smallest absolute Gasteiger partial charge is 0.329 e. The molecule has 1 unspecified atom stereocenters. The quantitative estimate of drug-likeness (QED) is 0.204. The van der Waals surface area contributed by atoms with Crippen LogP contribution in [0, 0.1) is 5.41 Å². The Balaban J connectivity index is 1.88. The van der Waals surface area contributed by atoms with Gasteiger partial charge in [-0.2, -0.15) is 0 Å². The molecule has 0 radical (unpaired) electrons. The van der Waals surface area contributed by atoms with E-state index in [2.05, 4.69) is 5.32 Å². The Labute approximate surface area is 264 Å². The third kappa shape index (κ3) is 9.54. The van der Waals surface area contributed by atoms with Crippen molar-refractivity contribution in [1.82, 2.24) is 4.90 Å². The molecule has 1 fully saturated rings. The van der Waals surface area contributed by atoms with Crippen molar-refractivity contribution in [3.05, 3.63) is 53.6 Å². The van der Waals surface area contributed by atoms with Gasteiger partial charge >= 0.3 is 11.9 Å². The third-order valence-corrected chi connectivity index (χ3v) is 8.24. The molecule has 2 atom stereocenters. The number of rotatable bonds is 15. The van der Waals surface area contributed by atoms with E-state index < -0.39 is 47.1 Å². The number of nitrogens with one attached hydrogen (secondary N) is 1. The summed E-state index contributed by atoms with van der Waals surface area (Å²) >= 11 is 0. The molecule has 11 nitrogen and oxygen atoms in total. The standard InChI is InChI=1S/C34H44N2O9/c1-6-34(2,3)31(40)32(41)36-19-8-7-12-25(36)33(42)45-26(15-13-22-14-16-27(43-4)28(20-22)44-5)23-10-9-11-24(21-23)35-29(37)17-18-30(38)39/h9-11,14,16,20-21,25-26H,6-8,12-13,15,17-19H2,1-5H3,(H,35,37)(H,38,39)/t25?,26-/m1/s1. The summed E-state index contributed by atoms with van der Waals surface area (Å²) in [6.07, 6.45) is 1.87. The van der Waals surface area contributed by atoms with Gasteiger partial charge in [0, 0.05) is 24.1 Å². The summed E-state index contributed by atoms with van der Waals surface area (Å²) in [6.45, 7) is 5.58. The normalized spacial score (nSPS) is 15.5. The van der Waals surface area contributed by atoms with Crippen LogP contribution in [0.4, 0.5) is 5.69 Å². The minimum absolute atomic E-state index is 0.184. The first-order valence-electron chi connectivity index (χ1n) is 15.3. The minimum Gasteiger partial charge on any atom is -0.493 e. The highest BCUT2D eigenvalue weighted by Crippen LogP contribution is 2.32. The van der Waals surface area contributed by atoms with Crippen LogP contribution < -0.4 is 14.8 Å². The summed E-state index contributed by atoms with van der Waals surface area (Å²) in [4.78, 5) is 64.7. The molecule has 45 heavy (non-hydrogen) atoms. The number of likely N-dealkylation sites (tertiary alicyclic amines) is 1. The summed E-state index contributed by atoms with van der Waals surface area (Å²) in [5.41, 5.74) is 1.10. The fourth-order valence-electron chi connectivity index (χ4n) is 5.11. The number of ether oxygens (including phenoxy) is 3. The number of amides is 2. The number of hydrogen-bond donors (Lipinski definition) is 2. The lowest BCUT2D eigenvalue weighted by Gasteiger charge is -2.36. The molecule has 2 N–H and O–H groups in total. The number of ketones is 1. The summed E-state index contributed by atoms with van der Waals surface area (Å²) < 4.78 is 16.9. The molecule has 0 spiro atoms. The molecule has 1 saturated heterocycles. The predicted molar refractivity (Wildman–Crippen MR) is 167 cm³/mol. The average Bonchev–Trinajstić information content (AvgIpc) is 3.04. The topological polar surface area (TPSA) is 149 Å². The Hall–Kier alpha value is -4.41. The van der Waals surface area contributed by atoms with E-state index in [9.17, 15) is 24.0 Å². The molecule has 11 heteroatoms. The number of esters is 1. The number of nitrogens with zero attached hydrogens (tertiary/aromatic N) is 1. The maximum Gasteiger partial charge on any atom is 0.329 e. The lowest BCUT2D eigenvalue weighted by Crippen LogP contribution is -2.53. The average molecular weight is 625 g/mol. The van der Waals surface area contributed by atoms with Crippen LogP contribution in [0.1, 0.15) is 82.9 Å². The summed E-state index contributed by atoms with van der Waals surface area (Å²) in [7, 11) is 3.10. The van der Waals surface area contributed by atoms with Gasteiger partial charge < -0.3 is 29.5 Å². The molecule has 1 heterocycles. The number of methoxy groups -OCH3 is 2.